The molecule has 0 spiro atoms. The van der Waals surface area contributed by atoms with Crippen molar-refractivity contribution < 1.29 is 4.39 Å². The van der Waals surface area contributed by atoms with Crippen LogP contribution in [-0.4, -0.2) is 9.78 Å². The molecule has 1 aromatic heterocycles. The third kappa shape index (κ3) is 2.54. The first-order valence-corrected chi connectivity index (χ1v) is 7.61. The molecule has 3 heteroatoms. The highest BCUT2D eigenvalue weighted by Gasteiger charge is 2.23. The molecule has 1 unspecified atom stereocenters. The number of halogens is 1. The molecule has 0 fully saturated rings. The smallest absolute Gasteiger partial charge is 0.206 e. The first-order valence-electron chi connectivity index (χ1n) is 7.61. The molecule has 0 aliphatic rings. The predicted molar refractivity (Wildman–Crippen MR) is 87.7 cm³/mol. The summed E-state index contributed by atoms with van der Waals surface area (Å²) in [6.07, 6.45) is 0.872. The minimum atomic E-state index is -0.264. The summed E-state index contributed by atoms with van der Waals surface area (Å²) in [4.78, 5) is 0. The Bertz CT molecular complexity index is 748. The molecule has 0 saturated carbocycles. The molecule has 0 N–H and O–H groups in total. The lowest BCUT2D eigenvalue weighted by molar-refractivity contribution is 0.514. The molecule has 1 heterocycles. The SMILES string of the molecule is CCC(C)c1c(-c2ccccc2)nn(-c2ccccc2)c1F. The highest BCUT2D eigenvalue weighted by atomic mass is 19.1. The van der Waals surface area contributed by atoms with Gasteiger partial charge < -0.3 is 0 Å². The van der Waals surface area contributed by atoms with Gasteiger partial charge in [0.25, 0.3) is 0 Å². The van der Waals surface area contributed by atoms with Crippen molar-refractivity contribution in [1.29, 1.82) is 0 Å². The third-order valence-electron chi connectivity index (χ3n) is 4.02. The maximum absolute atomic E-state index is 15.0. The van der Waals surface area contributed by atoms with Crippen LogP contribution in [0.25, 0.3) is 16.9 Å². The van der Waals surface area contributed by atoms with E-state index in [9.17, 15) is 0 Å². The summed E-state index contributed by atoms with van der Waals surface area (Å²) in [6, 6.07) is 19.2. The van der Waals surface area contributed by atoms with Crippen molar-refractivity contribution in [3.05, 3.63) is 72.2 Å². The molecule has 2 aromatic carbocycles. The zero-order chi connectivity index (χ0) is 15.5. The average Bonchev–Trinajstić information content (AvgIpc) is 2.93. The van der Waals surface area contributed by atoms with Gasteiger partial charge >= 0.3 is 0 Å². The van der Waals surface area contributed by atoms with E-state index in [4.69, 9.17) is 0 Å². The normalized spacial score (nSPS) is 12.3. The molecule has 0 aliphatic heterocycles. The molecule has 3 aromatic rings. The lowest BCUT2D eigenvalue weighted by Gasteiger charge is -2.09. The fourth-order valence-corrected chi connectivity index (χ4v) is 2.60. The number of benzene rings is 2. The van der Waals surface area contributed by atoms with Crippen LogP contribution < -0.4 is 0 Å². The van der Waals surface area contributed by atoms with E-state index in [0.29, 0.717) is 5.56 Å². The lowest BCUT2D eigenvalue weighted by atomic mass is 9.96. The van der Waals surface area contributed by atoms with Gasteiger partial charge in [0.2, 0.25) is 5.95 Å². The van der Waals surface area contributed by atoms with Gasteiger partial charge in [-0.25, -0.2) is 4.68 Å². The van der Waals surface area contributed by atoms with Gasteiger partial charge in [-0.15, -0.1) is 0 Å². The van der Waals surface area contributed by atoms with Crippen LogP contribution in [0.15, 0.2) is 60.7 Å². The van der Waals surface area contributed by atoms with Crippen molar-refractivity contribution in [2.75, 3.05) is 0 Å². The molecule has 0 bridgehead atoms. The molecule has 2 nitrogen and oxygen atoms in total. The van der Waals surface area contributed by atoms with Crippen molar-refractivity contribution in [3.63, 3.8) is 0 Å². The van der Waals surface area contributed by atoms with Gasteiger partial charge in [-0.2, -0.15) is 9.49 Å². The van der Waals surface area contributed by atoms with Gasteiger partial charge in [0, 0.05) is 11.1 Å². The summed E-state index contributed by atoms with van der Waals surface area (Å²) in [5.41, 5.74) is 3.12. The molecule has 0 aliphatic carbocycles. The summed E-state index contributed by atoms with van der Waals surface area (Å²) < 4.78 is 16.4. The summed E-state index contributed by atoms with van der Waals surface area (Å²) >= 11 is 0. The Kier molecular flexibility index (Phi) is 4.05. The second-order valence-corrected chi connectivity index (χ2v) is 5.48. The predicted octanol–water partition coefficient (Wildman–Crippen LogP) is 5.19. The number of rotatable bonds is 4. The van der Waals surface area contributed by atoms with Gasteiger partial charge in [-0.05, 0) is 24.5 Å². The van der Waals surface area contributed by atoms with Crippen molar-refractivity contribution in [2.24, 2.45) is 0 Å². The van der Waals surface area contributed by atoms with E-state index < -0.39 is 0 Å². The van der Waals surface area contributed by atoms with Crippen molar-refractivity contribution in [2.45, 2.75) is 26.2 Å². The number of nitrogens with zero attached hydrogens (tertiary/aromatic N) is 2. The summed E-state index contributed by atoms with van der Waals surface area (Å²) in [5, 5.41) is 4.56. The Morgan fingerprint density at radius 2 is 1.59 bits per heavy atom. The number of aromatic nitrogens is 2. The van der Waals surface area contributed by atoms with Crippen LogP contribution in [0.1, 0.15) is 31.7 Å². The fourth-order valence-electron chi connectivity index (χ4n) is 2.60. The molecule has 0 amide bonds. The highest BCUT2D eigenvalue weighted by Crippen LogP contribution is 2.33. The summed E-state index contributed by atoms with van der Waals surface area (Å²) in [6.45, 7) is 4.11. The monoisotopic (exact) mass is 294 g/mol. The zero-order valence-electron chi connectivity index (χ0n) is 12.8. The maximum atomic E-state index is 15.0. The van der Waals surface area contributed by atoms with E-state index in [1.807, 2.05) is 67.6 Å². The Hall–Kier alpha value is -2.42. The van der Waals surface area contributed by atoms with E-state index in [1.54, 1.807) is 0 Å². The molecule has 22 heavy (non-hydrogen) atoms. The van der Waals surface area contributed by atoms with Crippen LogP contribution in [-0.2, 0) is 0 Å². The average molecular weight is 294 g/mol. The Morgan fingerprint density at radius 1 is 1.00 bits per heavy atom. The molecule has 0 radical (unpaired) electrons. The minimum absolute atomic E-state index is 0.118. The van der Waals surface area contributed by atoms with Crippen molar-refractivity contribution >= 4 is 0 Å². The van der Waals surface area contributed by atoms with Gasteiger partial charge in [0.15, 0.2) is 0 Å². The van der Waals surface area contributed by atoms with Crippen LogP contribution in [0.5, 0.6) is 0 Å². The summed E-state index contributed by atoms with van der Waals surface area (Å²) in [5.74, 6) is -0.146. The zero-order valence-corrected chi connectivity index (χ0v) is 12.8. The molecular formula is C19H19FN2. The third-order valence-corrected chi connectivity index (χ3v) is 4.02. The fraction of sp³-hybridized carbons (Fsp3) is 0.211. The van der Waals surface area contributed by atoms with Gasteiger partial charge in [0.1, 0.15) is 0 Å². The minimum Gasteiger partial charge on any atom is -0.206 e. The maximum Gasteiger partial charge on any atom is 0.220 e. The van der Waals surface area contributed by atoms with E-state index in [0.717, 1.165) is 23.4 Å². The second kappa shape index (κ2) is 6.14. The van der Waals surface area contributed by atoms with Crippen molar-refractivity contribution in [3.8, 4) is 16.9 Å². The van der Waals surface area contributed by atoms with Gasteiger partial charge in [0.05, 0.1) is 11.4 Å². The first kappa shape index (κ1) is 14.5. The van der Waals surface area contributed by atoms with Crippen LogP contribution in [0.2, 0.25) is 0 Å². The van der Waals surface area contributed by atoms with Crippen LogP contribution >= 0.6 is 0 Å². The van der Waals surface area contributed by atoms with E-state index in [2.05, 4.69) is 12.0 Å². The standard InChI is InChI=1S/C19H19FN2/c1-3-14(2)17-18(15-10-6-4-7-11-15)21-22(19(17)20)16-12-8-5-9-13-16/h4-14H,3H2,1-2H3. The first-order chi connectivity index (χ1) is 10.7. The van der Waals surface area contributed by atoms with Gasteiger partial charge in [-0.3, -0.25) is 0 Å². The topological polar surface area (TPSA) is 17.8 Å². The van der Waals surface area contributed by atoms with E-state index in [1.165, 1.54) is 4.68 Å². The van der Waals surface area contributed by atoms with E-state index >= 15 is 4.39 Å². The molecule has 1 atom stereocenters. The highest BCUT2D eigenvalue weighted by molar-refractivity contribution is 5.64. The Labute approximate surface area is 130 Å². The number of para-hydroxylation sites is 1. The van der Waals surface area contributed by atoms with Crippen LogP contribution in [0, 0.1) is 5.95 Å². The second-order valence-electron chi connectivity index (χ2n) is 5.48. The van der Waals surface area contributed by atoms with E-state index in [-0.39, 0.29) is 11.9 Å². The lowest BCUT2D eigenvalue weighted by Crippen LogP contribution is -2.01. The van der Waals surface area contributed by atoms with Crippen LogP contribution in [0.3, 0.4) is 0 Å². The van der Waals surface area contributed by atoms with Crippen LogP contribution in [0.4, 0.5) is 4.39 Å². The molecular weight excluding hydrogens is 275 g/mol. The molecule has 112 valence electrons. The molecule has 3 rings (SSSR count). The Morgan fingerprint density at radius 3 is 2.18 bits per heavy atom. The summed E-state index contributed by atoms with van der Waals surface area (Å²) in [7, 11) is 0. The largest absolute Gasteiger partial charge is 0.220 e. The van der Waals surface area contributed by atoms with Gasteiger partial charge in [-0.1, -0.05) is 62.4 Å². The quantitative estimate of drug-likeness (QED) is 0.647. The number of hydrogen-bond acceptors (Lipinski definition) is 1. The Balaban J connectivity index is 2.21. The molecule has 0 saturated heterocycles. The van der Waals surface area contributed by atoms with Crippen molar-refractivity contribution in [1.82, 2.24) is 9.78 Å². The number of hydrogen-bond donors (Lipinski definition) is 0.